The molecule has 2 heterocycles. The van der Waals surface area contributed by atoms with Crippen molar-refractivity contribution < 1.29 is 4.79 Å². The van der Waals surface area contributed by atoms with Gasteiger partial charge in [0, 0.05) is 13.1 Å². The molecule has 0 bridgehead atoms. The van der Waals surface area contributed by atoms with Gasteiger partial charge in [0.15, 0.2) is 5.69 Å². The molecule has 1 aliphatic heterocycles. The lowest BCUT2D eigenvalue weighted by Gasteiger charge is -2.30. The van der Waals surface area contributed by atoms with Crippen LogP contribution in [0.1, 0.15) is 52.9 Å². The second-order valence-corrected chi connectivity index (χ2v) is 7.73. The van der Waals surface area contributed by atoms with Gasteiger partial charge in [-0.1, -0.05) is 33.6 Å². The summed E-state index contributed by atoms with van der Waals surface area (Å²) in [5.74, 6) is 0.106. The normalized spacial score (nSPS) is 15.3. The first-order chi connectivity index (χ1) is 12.8. The summed E-state index contributed by atoms with van der Waals surface area (Å²) in [5.41, 5.74) is 5.18. The zero-order chi connectivity index (χ0) is 20.0. The highest BCUT2D eigenvalue weighted by molar-refractivity contribution is 5.96. The topological polar surface area (TPSA) is 104 Å². The number of nitrogens with zero attached hydrogens (tertiary/aromatic N) is 3. The lowest BCUT2D eigenvalue weighted by molar-refractivity contribution is -0.120. The first-order valence-corrected chi connectivity index (χ1v) is 10.0. The molecule has 1 fully saturated rings. The van der Waals surface area contributed by atoms with Crippen LogP contribution in [0.3, 0.4) is 0 Å². The summed E-state index contributed by atoms with van der Waals surface area (Å²) in [5, 5.41) is 0. The van der Waals surface area contributed by atoms with E-state index in [9.17, 15) is 14.4 Å². The summed E-state index contributed by atoms with van der Waals surface area (Å²) in [7, 11) is 0. The average Bonchev–Trinajstić information content (AvgIpc) is 2.61. The number of carbonyl (C=O) groups excluding carboxylic acids is 1. The minimum atomic E-state index is -0.597. The van der Waals surface area contributed by atoms with Crippen LogP contribution in [0.15, 0.2) is 9.59 Å². The Labute approximate surface area is 160 Å². The molecular weight excluding hydrogens is 346 g/mol. The molecule has 0 unspecified atom stereocenters. The minimum absolute atomic E-state index is 0.0700. The molecule has 0 atom stereocenters. The number of amides is 1. The van der Waals surface area contributed by atoms with Crippen LogP contribution >= 0.6 is 0 Å². The second-order valence-electron chi connectivity index (χ2n) is 7.73. The van der Waals surface area contributed by atoms with Crippen molar-refractivity contribution in [2.24, 2.45) is 5.92 Å². The van der Waals surface area contributed by atoms with Gasteiger partial charge in [0.2, 0.25) is 5.91 Å². The number of H-pyrrole nitrogens is 1. The number of unbranched alkanes of at least 4 members (excludes halogenated alkanes) is 1. The third-order valence-corrected chi connectivity index (χ3v) is 4.88. The molecule has 1 aromatic heterocycles. The molecule has 1 saturated heterocycles. The number of aromatic nitrogens is 2. The van der Waals surface area contributed by atoms with E-state index < -0.39 is 11.2 Å². The molecule has 1 aliphatic rings. The summed E-state index contributed by atoms with van der Waals surface area (Å²) in [6.07, 6.45) is 5.01. The fourth-order valence-electron chi connectivity index (χ4n) is 3.46. The van der Waals surface area contributed by atoms with Crippen molar-refractivity contribution in [3.63, 3.8) is 0 Å². The summed E-state index contributed by atoms with van der Waals surface area (Å²) in [4.78, 5) is 43.7. The van der Waals surface area contributed by atoms with Gasteiger partial charge < -0.3 is 10.6 Å². The first kappa shape index (κ1) is 21.2. The number of hydrogen-bond donors (Lipinski definition) is 2. The predicted molar refractivity (Wildman–Crippen MR) is 108 cm³/mol. The van der Waals surface area contributed by atoms with Gasteiger partial charge in [-0.3, -0.25) is 24.0 Å². The summed E-state index contributed by atoms with van der Waals surface area (Å²) >= 11 is 0. The zero-order valence-corrected chi connectivity index (χ0v) is 16.8. The lowest BCUT2D eigenvalue weighted by Crippen LogP contribution is -2.46. The minimum Gasteiger partial charge on any atom is -0.383 e. The SMILES string of the molecule is CCCCN(C(=O)CN1CCCCC1)c1c(N)n(CC(C)C)c(=O)[nH]c1=O. The number of nitrogens with one attached hydrogen (secondary N) is 1. The quantitative estimate of drug-likeness (QED) is 0.710. The Hall–Kier alpha value is -2.09. The van der Waals surface area contributed by atoms with E-state index in [1.807, 2.05) is 20.8 Å². The van der Waals surface area contributed by atoms with Gasteiger partial charge in [-0.05, 0) is 38.3 Å². The van der Waals surface area contributed by atoms with Gasteiger partial charge >= 0.3 is 5.69 Å². The number of likely N-dealkylation sites (tertiary alicyclic amines) is 1. The van der Waals surface area contributed by atoms with Crippen molar-refractivity contribution in [1.82, 2.24) is 14.5 Å². The Balaban J connectivity index is 2.38. The molecule has 1 aromatic rings. The van der Waals surface area contributed by atoms with E-state index in [-0.39, 0.29) is 29.9 Å². The van der Waals surface area contributed by atoms with Crippen molar-refractivity contribution in [3.05, 3.63) is 20.8 Å². The maximum absolute atomic E-state index is 13.0. The Bertz CT molecular complexity index is 747. The van der Waals surface area contributed by atoms with Crippen LogP contribution in [-0.4, -0.2) is 46.5 Å². The number of rotatable bonds is 8. The molecule has 27 heavy (non-hydrogen) atoms. The molecule has 8 heteroatoms. The van der Waals surface area contributed by atoms with Crippen LogP contribution in [0, 0.1) is 5.92 Å². The molecule has 0 aromatic carbocycles. The molecule has 1 amide bonds. The Morgan fingerprint density at radius 2 is 1.89 bits per heavy atom. The van der Waals surface area contributed by atoms with Crippen molar-refractivity contribution in [2.45, 2.75) is 59.4 Å². The van der Waals surface area contributed by atoms with Gasteiger partial charge in [0.25, 0.3) is 5.56 Å². The van der Waals surface area contributed by atoms with E-state index in [0.29, 0.717) is 13.1 Å². The number of hydrogen-bond acceptors (Lipinski definition) is 5. The number of carbonyl (C=O) groups is 1. The van der Waals surface area contributed by atoms with Gasteiger partial charge in [-0.15, -0.1) is 0 Å². The van der Waals surface area contributed by atoms with E-state index in [2.05, 4.69) is 9.88 Å². The summed E-state index contributed by atoms with van der Waals surface area (Å²) < 4.78 is 1.36. The largest absolute Gasteiger partial charge is 0.383 e. The van der Waals surface area contributed by atoms with Crippen molar-refractivity contribution in [1.29, 1.82) is 0 Å². The van der Waals surface area contributed by atoms with Crippen LogP contribution < -0.4 is 21.9 Å². The van der Waals surface area contributed by atoms with Crippen LogP contribution in [0.5, 0.6) is 0 Å². The maximum atomic E-state index is 13.0. The fraction of sp³-hybridized carbons (Fsp3) is 0.737. The molecule has 8 nitrogen and oxygen atoms in total. The standard InChI is InChI=1S/C19H33N5O3/c1-4-5-11-23(15(25)13-22-9-7-6-8-10-22)16-17(20)24(12-14(2)3)19(27)21-18(16)26/h14H,4-13,20H2,1-3H3,(H,21,26,27). The highest BCUT2D eigenvalue weighted by Gasteiger charge is 2.26. The monoisotopic (exact) mass is 379 g/mol. The van der Waals surface area contributed by atoms with Crippen LogP contribution in [0.4, 0.5) is 11.5 Å². The molecule has 2 rings (SSSR count). The number of anilines is 2. The van der Waals surface area contributed by atoms with E-state index in [1.165, 1.54) is 15.9 Å². The molecular formula is C19H33N5O3. The highest BCUT2D eigenvalue weighted by Crippen LogP contribution is 2.19. The third-order valence-electron chi connectivity index (χ3n) is 4.88. The third kappa shape index (κ3) is 5.45. The Morgan fingerprint density at radius 3 is 2.48 bits per heavy atom. The van der Waals surface area contributed by atoms with E-state index in [0.717, 1.165) is 38.8 Å². The summed E-state index contributed by atoms with van der Waals surface area (Å²) in [6, 6.07) is 0. The number of nitrogen functional groups attached to an aromatic ring is 1. The first-order valence-electron chi connectivity index (χ1n) is 10.0. The van der Waals surface area contributed by atoms with Crippen LogP contribution in [0.2, 0.25) is 0 Å². The fourth-order valence-corrected chi connectivity index (χ4v) is 3.46. The smallest absolute Gasteiger partial charge is 0.330 e. The molecule has 0 saturated carbocycles. The zero-order valence-electron chi connectivity index (χ0n) is 16.8. The van der Waals surface area contributed by atoms with Crippen LogP contribution in [-0.2, 0) is 11.3 Å². The number of aromatic amines is 1. The predicted octanol–water partition coefficient (Wildman–Crippen LogP) is 1.39. The molecule has 0 radical (unpaired) electrons. The second kappa shape index (κ2) is 9.73. The van der Waals surface area contributed by atoms with Crippen molar-refractivity contribution >= 4 is 17.4 Å². The average molecular weight is 380 g/mol. The molecule has 0 spiro atoms. The van der Waals surface area contributed by atoms with Crippen LogP contribution in [0.25, 0.3) is 0 Å². The highest BCUT2D eigenvalue weighted by atomic mass is 16.2. The van der Waals surface area contributed by atoms with E-state index in [1.54, 1.807) is 0 Å². The summed E-state index contributed by atoms with van der Waals surface area (Å²) in [6.45, 7) is 8.82. The van der Waals surface area contributed by atoms with E-state index >= 15 is 0 Å². The Morgan fingerprint density at radius 1 is 1.22 bits per heavy atom. The molecule has 3 N–H and O–H groups in total. The Kier molecular flexibility index (Phi) is 7.65. The maximum Gasteiger partial charge on any atom is 0.330 e. The van der Waals surface area contributed by atoms with Crippen molar-refractivity contribution in [2.75, 3.05) is 36.8 Å². The van der Waals surface area contributed by atoms with Crippen molar-refractivity contribution in [3.8, 4) is 0 Å². The van der Waals surface area contributed by atoms with Gasteiger partial charge in [-0.25, -0.2) is 4.79 Å². The van der Waals surface area contributed by atoms with E-state index in [4.69, 9.17) is 5.73 Å². The van der Waals surface area contributed by atoms with Gasteiger partial charge in [0.05, 0.1) is 6.54 Å². The number of piperidine rings is 1. The molecule has 0 aliphatic carbocycles. The lowest BCUT2D eigenvalue weighted by atomic mass is 10.1. The van der Waals surface area contributed by atoms with Gasteiger partial charge in [0.1, 0.15) is 5.82 Å². The molecule has 152 valence electrons. The van der Waals surface area contributed by atoms with Gasteiger partial charge in [-0.2, -0.15) is 0 Å². The number of nitrogens with two attached hydrogens (primary N) is 1.